The van der Waals surface area contributed by atoms with E-state index >= 15 is 0 Å². The molecule has 0 unspecified atom stereocenters. The van der Waals surface area contributed by atoms with E-state index in [0.717, 1.165) is 109 Å². The molecule has 0 saturated carbocycles. The molecule has 256 valence electrons. The van der Waals surface area contributed by atoms with Crippen LogP contribution in [0, 0.1) is 11.8 Å². The molecule has 2 aromatic rings. The minimum absolute atomic E-state index is 0.00545. The zero-order chi connectivity index (χ0) is 33.6. The Labute approximate surface area is 278 Å². The van der Waals surface area contributed by atoms with Gasteiger partial charge in [-0.2, -0.15) is 0 Å². The maximum Gasteiger partial charge on any atom is 0.126 e. The summed E-state index contributed by atoms with van der Waals surface area (Å²) in [6, 6.07) is 7.99. The van der Waals surface area contributed by atoms with E-state index in [4.69, 9.17) is 18.9 Å². The molecule has 4 aliphatic carbocycles. The Kier molecular flexibility index (Phi) is 15.5. The SMILES string of the molecule is CCCC[C@H]1C/C=C\C[C@H](C)[C@@H](O)c2cc(OC)c(c(OC)c2)[C@@H](CCCC)C/C=C\C[C@H](C)[C@@H](O)c2cc(OC)c1c(OC)c2. The first kappa shape index (κ1) is 37.5. The van der Waals surface area contributed by atoms with Gasteiger partial charge in [0, 0.05) is 11.1 Å². The van der Waals surface area contributed by atoms with Gasteiger partial charge in [0.25, 0.3) is 0 Å². The molecule has 6 rings (SSSR count). The summed E-state index contributed by atoms with van der Waals surface area (Å²) in [7, 11) is 6.80. The van der Waals surface area contributed by atoms with Crippen LogP contribution >= 0.6 is 0 Å². The zero-order valence-corrected chi connectivity index (χ0v) is 29.7. The molecule has 0 fully saturated rings. The molecule has 0 heterocycles. The Balaban J connectivity index is 2.10. The van der Waals surface area contributed by atoms with Crippen LogP contribution in [-0.4, -0.2) is 38.7 Å². The van der Waals surface area contributed by atoms with Crippen LogP contribution in [0.5, 0.6) is 23.0 Å². The van der Waals surface area contributed by atoms with E-state index in [1.165, 1.54) is 0 Å². The van der Waals surface area contributed by atoms with Crippen molar-refractivity contribution in [2.24, 2.45) is 11.8 Å². The van der Waals surface area contributed by atoms with Crippen LogP contribution in [-0.2, 0) is 0 Å². The standard InChI is InChI=1S/C40H60O6/c1-9-11-19-29-21-15-13-17-27(3)40(42)32-25-35(45-7)38(36(26-32)46-8)30(20-12-10-2)22-16-14-18-28(4)39(41)31-23-33(43-5)37(29)34(24-31)44-6/h13-16,23-30,39-42H,9-12,17-22H2,1-8H3/b15-13-,16-14-/t27-,28-,29-,30-,39+,40+/m0/s1. The van der Waals surface area contributed by atoms with Gasteiger partial charge in [-0.05, 0) is 97.6 Å². The van der Waals surface area contributed by atoms with E-state index < -0.39 is 12.2 Å². The van der Waals surface area contributed by atoms with Gasteiger partial charge in [0.2, 0.25) is 0 Å². The van der Waals surface area contributed by atoms with E-state index in [9.17, 15) is 10.2 Å². The second-order valence-corrected chi connectivity index (χ2v) is 13.1. The predicted octanol–water partition coefficient (Wildman–Crippen LogP) is 9.99. The fourth-order valence-electron chi connectivity index (χ4n) is 6.78. The molecule has 0 aliphatic heterocycles. The molecule has 0 saturated heterocycles. The topological polar surface area (TPSA) is 77.4 Å². The lowest BCUT2D eigenvalue weighted by Crippen LogP contribution is -2.12. The first-order chi connectivity index (χ1) is 22.2. The second-order valence-electron chi connectivity index (χ2n) is 13.1. The number of ether oxygens (including phenoxy) is 4. The fraction of sp³-hybridized carbons (Fsp3) is 0.600. The molecule has 0 amide bonds. The number of aliphatic hydroxyl groups excluding tert-OH is 2. The molecule has 2 aromatic carbocycles. The number of benzene rings is 2. The van der Waals surface area contributed by atoms with Crippen LogP contribution in [0.15, 0.2) is 48.6 Å². The van der Waals surface area contributed by atoms with Gasteiger partial charge >= 0.3 is 0 Å². The third-order valence-corrected chi connectivity index (χ3v) is 9.71. The number of unbranched alkanes of at least 4 members (excludes halogenated alkanes) is 2. The molecule has 6 heteroatoms. The van der Waals surface area contributed by atoms with Crippen LogP contribution in [0.2, 0.25) is 0 Å². The monoisotopic (exact) mass is 636 g/mol. The first-order valence-corrected chi connectivity index (χ1v) is 17.4. The van der Waals surface area contributed by atoms with Crippen LogP contribution < -0.4 is 18.9 Å². The normalized spacial score (nSPS) is 25.7. The minimum atomic E-state index is -0.662. The molecule has 0 radical (unpaired) electrons. The van der Waals surface area contributed by atoms with Gasteiger partial charge < -0.3 is 29.2 Å². The lowest BCUT2D eigenvalue weighted by molar-refractivity contribution is 0.118. The van der Waals surface area contributed by atoms with E-state index in [1.807, 2.05) is 24.3 Å². The van der Waals surface area contributed by atoms with Crippen LogP contribution in [0.1, 0.15) is 138 Å². The van der Waals surface area contributed by atoms with Gasteiger partial charge in [-0.15, -0.1) is 0 Å². The van der Waals surface area contributed by atoms with Crippen molar-refractivity contribution in [2.45, 2.75) is 116 Å². The maximum atomic E-state index is 11.5. The second kappa shape index (κ2) is 19.0. The Morgan fingerprint density at radius 3 is 1.13 bits per heavy atom. The van der Waals surface area contributed by atoms with Crippen LogP contribution in [0.3, 0.4) is 0 Å². The van der Waals surface area contributed by atoms with E-state index in [1.54, 1.807) is 28.4 Å². The zero-order valence-electron chi connectivity index (χ0n) is 29.7. The predicted molar refractivity (Wildman–Crippen MR) is 189 cm³/mol. The Bertz CT molecular complexity index is 1120. The lowest BCUT2D eigenvalue weighted by Gasteiger charge is -2.26. The van der Waals surface area contributed by atoms with Crippen molar-refractivity contribution in [2.75, 3.05) is 28.4 Å². The van der Waals surface area contributed by atoms with Gasteiger partial charge in [0.15, 0.2) is 0 Å². The van der Waals surface area contributed by atoms with Crippen LogP contribution in [0.25, 0.3) is 0 Å². The largest absolute Gasteiger partial charge is 0.496 e. The summed E-state index contributed by atoms with van der Waals surface area (Å²) < 4.78 is 23.8. The minimum Gasteiger partial charge on any atom is -0.496 e. The molecule has 6 atom stereocenters. The summed E-state index contributed by atoms with van der Waals surface area (Å²) in [6.07, 6.45) is 17.0. The molecular formula is C40H60O6. The number of hydrogen-bond donors (Lipinski definition) is 2. The number of rotatable bonds is 10. The highest BCUT2D eigenvalue weighted by molar-refractivity contribution is 5.52. The molecule has 0 spiro atoms. The maximum absolute atomic E-state index is 11.5. The van der Waals surface area contributed by atoms with E-state index in [0.29, 0.717) is 0 Å². The highest BCUT2D eigenvalue weighted by Gasteiger charge is 2.27. The van der Waals surface area contributed by atoms with Gasteiger partial charge in [0.1, 0.15) is 23.0 Å². The van der Waals surface area contributed by atoms with Crippen molar-refractivity contribution in [3.63, 3.8) is 0 Å². The fourth-order valence-corrected chi connectivity index (χ4v) is 6.78. The molecule has 6 nitrogen and oxygen atoms in total. The first-order valence-electron chi connectivity index (χ1n) is 17.4. The van der Waals surface area contributed by atoms with E-state index in [2.05, 4.69) is 52.0 Å². The number of allylic oxidation sites excluding steroid dienone is 4. The van der Waals surface area contributed by atoms with Crippen molar-refractivity contribution < 1.29 is 29.2 Å². The summed E-state index contributed by atoms with van der Waals surface area (Å²) in [5.41, 5.74) is 3.73. The van der Waals surface area contributed by atoms with Crippen LogP contribution in [0.4, 0.5) is 0 Å². The van der Waals surface area contributed by atoms with Crippen molar-refractivity contribution >= 4 is 0 Å². The lowest BCUT2D eigenvalue weighted by atomic mass is 9.85. The molecular weight excluding hydrogens is 576 g/mol. The Morgan fingerprint density at radius 2 is 0.848 bits per heavy atom. The van der Waals surface area contributed by atoms with Gasteiger partial charge in [0.05, 0.1) is 40.6 Å². The summed E-state index contributed by atoms with van der Waals surface area (Å²) in [5, 5.41) is 23.0. The Morgan fingerprint density at radius 1 is 0.543 bits per heavy atom. The molecule has 4 bridgehead atoms. The molecule has 46 heavy (non-hydrogen) atoms. The third-order valence-electron chi connectivity index (χ3n) is 9.71. The smallest absolute Gasteiger partial charge is 0.126 e. The third kappa shape index (κ3) is 9.54. The highest BCUT2D eigenvalue weighted by Crippen LogP contribution is 2.45. The summed E-state index contributed by atoms with van der Waals surface area (Å²) in [6.45, 7) is 8.59. The average molecular weight is 637 g/mol. The molecule has 2 N–H and O–H groups in total. The molecule has 0 aromatic heterocycles. The average Bonchev–Trinajstić information content (AvgIpc) is 3.08. The highest BCUT2D eigenvalue weighted by atomic mass is 16.5. The Hall–Kier alpha value is -2.96. The quantitative estimate of drug-likeness (QED) is 0.253. The number of hydrogen-bond acceptors (Lipinski definition) is 6. The van der Waals surface area contributed by atoms with Gasteiger partial charge in [-0.3, -0.25) is 0 Å². The number of methoxy groups -OCH3 is 4. The van der Waals surface area contributed by atoms with Crippen molar-refractivity contribution in [1.29, 1.82) is 0 Å². The summed E-state index contributed by atoms with van der Waals surface area (Å²) in [5.74, 6) is 3.45. The van der Waals surface area contributed by atoms with Crippen molar-refractivity contribution in [3.8, 4) is 23.0 Å². The van der Waals surface area contributed by atoms with E-state index in [-0.39, 0.29) is 23.7 Å². The number of aliphatic hydroxyl groups is 2. The van der Waals surface area contributed by atoms with Crippen molar-refractivity contribution in [3.05, 3.63) is 70.8 Å². The molecule has 4 aliphatic rings. The summed E-state index contributed by atoms with van der Waals surface area (Å²) in [4.78, 5) is 0. The van der Waals surface area contributed by atoms with Crippen molar-refractivity contribution in [1.82, 2.24) is 0 Å². The summed E-state index contributed by atoms with van der Waals surface area (Å²) >= 11 is 0. The van der Waals surface area contributed by atoms with Gasteiger partial charge in [-0.1, -0.05) is 77.7 Å². The van der Waals surface area contributed by atoms with Gasteiger partial charge in [-0.25, -0.2) is 0 Å².